The maximum Gasteiger partial charge on any atom is 0.253 e. The summed E-state index contributed by atoms with van der Waals surface area (Å²) in [5, 5.41) is 0. The summed E-state index contributed by atoms with van der Waals surface area (Å²) in [5.41, 5.74) is 4.23. The molecule has 0 radical (unpaired) electrons. The van der Waals surface area contributed by atoms with E-state index in [2.05, 4.69) is 0 Å². The molecular weight excluding hydrogens is 274 g/mol. The molecule has 2 aromatic rings. The van der Waals surface area contributed by atoms with Crippen molar-refractivity contribution >= 4 is 12.2 Å². The van der Waals surface area contributed by atoms with Gasteiger partial charge < -0.3 is 4.90 Å². The second-order valence-electron chi connectivity index (χ2n) is 5.21. The number of benzene rings is 2. The largest absolute Gasteiger partial charge is 0.339 e. The van der Waals surface area contributed by atoms with Gasteiger partial charge in [0.05, 0.1) is 0 Å². The van der Waals surface area contributed by atoms with Gasteiger partial charge in [0.2, 0.25) is 0 Å². The quantitative estimate of drug-likeness (QED) is 0.783. The molecule has 0 bridgehead atoms. The van der Waals surface area contributed by atoms with Gasteiger partial charge in [-0.2, -0.15) is 0 Å². The van der Waals surface area contributed by atoms with Gasteiger partial charge in [-0.1, -0.05) is 30.3 Å². The summed E-state index contributed by atoms with van der Waals surface area (Å²) in [7, 11) is 0. The molecule has 0 aliphatic rings. The predicted molar refractivity (Wildman–Crippen MR) is 89.3 cm³/mol. The minimum Gasteiger partial charge on any atom is -0.339 e. The molecule has 3 nitrogen and oxygen atoms in total. The summed E-state index contributed by atoms with van der Waals surface area (Å²) >= 11 is 0. The third-order valence-corrected chi connectivity index (χ3v) is 3.90. The molecular formula is C19H21NO2. The Morgan fingerprint density at radius 1 is 1.05 bits per heavy atom. The smallest absolute Gasteiger partial charge is 0.253 e. The molecule has 3 heteroatoms. The number of amides is 1. The highest BCUT2D eigenvalue weighted by Crippen LogP contribution is 2.27. The van der Waals surface area contributed by atoms with Crippen molar-refractivity contribution < 1.29 is 9.59 Å². The first kappa shape index (κ1) is 16.0. The highest BCUT2D eigenvalue weighted by Gasteiger charge is 2.14. The van der Waals surface area contributed by atoms with Crippen molar-refractivity contribution in [2.75, 3.05) is 13.1 Å². The predicted octanol–water partition coefficient (Wildman–Crippen LogP) is 3.96. The number of aldehydes is 1. The Bertz CT molecular complexity index is 688. The lowest BCUT2D eigenvalue weighted by Crippen LogP contribution is -2.30. The lowest BCUT2D eigenvalue weighted by atomic mass is 9.95. The van der Waals surface area contributed by atoms with E-state index in [0.29, 0.717) is 24.2 Å². The highest BCUT2D eigenvalue weighted by atomic mass is 16.2. The Morgan fingerprint density at radius 2 is 1.73 bits per heavy atom. The van der Waals surface area contributed by atoms with Crippen molar-refractivity contribution in [2.45, 2.75) is 20.8 Å². The van der Waals surface area contributed by atoms with Crippen molar-refractivity contribution in [3.63, 3.8) is 0 Å². The number of rotatable bonds is 5. The molecule has 114 valence electrons. The van der Waals surface area contributed by atoms with Crippen molar-refractivity contribution in [3.05, 3.63) is 59.2 Å². The van der Waals surface area contributed by atoms with E-state index in [1.54, 1.807) is 11.0 Å². The van der Waals surface area contributed by atoms with Crippen LogP contribution in [0.15, 0.2) is 42.5 Å². The normalized spacial score (nSPS) is 10.3. The van der Waals surface area contributed by atoms with Crippen molar-refractivity contribution in [1.29, 1.82) is 0 Å². The molecule has 0 spiro atoms. The third kappa shape index (κ3) is 3.08. The Morgan fingerprint density at radius 3 is 2.32 bits per heavy atom. The summed E-state index contributed by atoms with van der Waals surface area (Å²) in [4.78, 5) is 25.4. The standard InChI is InChI=1S/C19H21NO2/c1-4-20(5-2)19(22)15-10-11-17(14(3)12-15)18-9-7-6-8-16(18)13-21/h6-13H,4-5H2,1-3H3. The summed E-state index contributed by atoms with van der Waals surface area (Å²) in [5.74, 6) is 0.0447. The van der Waals surface area contributed by atoms with E-state index in [1.807, 2.05) is 57.2 Å². The van der Waals surface area contributed by atoms with Crippen LogP contribution in [0.4, 0.5) is 0 Å². The van der Waals surface area contributed by atoms with Gasteiger partial charge in [0.1, 0.15) is 0 Å². The minimum absolute atomic E-state index is 0.0447. The van der Waals surface area contributed by atoms with Crippen LogP contribution in [0.5, 0.6) is 0 Å². The Kier molecular flexibility index (Phi) is 5.10. The van der Waals surface area contributed by atoms with Crippen LogP contribution < -0.4 is 0 Å². The lowest BCUT2D eigenvalue weighted by molar-refractivity contribution is 0.0772. The van der Waals surface area contributed by atoms with Gasteiger partial charge in [-0.15, -0.1) is 0 Å². The van der Waals surface area contributed by atoms with E-state index >= 15 is 0 Å². The lowest BCUT2D eigenvalue weighted by Gasteiger charge is -2.19. The summed E-state index contributed by atoms with van der Waals surface area (Å²) in [6, 6.07) is 13.2. The van der Waals surface area contributed by atoms with Gasteiger partial charge in [0, 0.05) is 24.2 Å². The Balaban J connectivity index is 2.42. The molecule has 1 amide bonds. The fourth-order valence-corrected chi connectivity index (χ4v) is 2.64. The molecule has 0 saturated carbocycles. The second kappa shape index (κ2) is 7.03. The Hall–Kier alpha value is -2.42. The zero-order valence-corrected chi connectivity index (χ0v) is 13.3. The van der Waals surface area contributed by atoms with Crippen LogP contribution in [-0.4, -0.2) is 30.2 Å². The van der Waals surface area contributed by atoms with Crippen LogP contribution in [0.25, 0.3) is 11.1 Å². The molecule has 0 fully saturated rings. The third-order valence-electron chi connectivity index (χ3n) is 3.90. The molecule has 0 atom stereocenters. The van der Waals surface area contributed by atoms with Crippen LogP contribution in [-0.2, 0) is 0 Å². The van der Waals surface area contributed by atoms with Gasteiger partial charge in [-0.3, -0.25) is 9.59 Å². The Labute approximate surface area is 131 Å². The first-order chi connectivity index (χ1) is 10.6. The van der Waals surface area contributed by atoms with E-state index in [9.17, 15) is 9.59 Å². The molecule has 0 N–H and O–H groups in total. The summed E-state index contributed by atoms with van der Waals surface area (Å²) < 4.78 is 0. The van der Waals surface area contributed by atoms with Gasteiger partial charge in [0.15, 0.2) is 6.29 Å². The van der Waals surface area contributed by atoms with Crippen molar-refractivity contribution in [1.82, 2.24) is 4.90 Å². The molecule has 0 aliphatic carbocycles. The molecule has 0 heterocycles. The van der Waals surface area contributed by atoms with Gasteiger partial charge in [-0.05, 0) is 49.6 Å². The average molecular weight is 295 g/mol. The maximum atomic E-state index is 12.4. The maximum absolute atomic E-state index is 12.4. The zero-order valence-electron chi connectivity index (χ0n) is 13.3. The first-order valence-corrected chi connectivity index (χ1v) is 7.56. The average Bonchev–Trinajstić information content (AvgIpc) is 2.55. The molecule has 2 rings (SSSR count). The van der Waals surface area contributed by atoms with Gasteiger partial charge in [-0.25, -0.2) is 0 Å². The SMILES string of the molecule is CCN(CC)C(=O)c1ccc(-c2ccccc2C=O)c(C)c1. The number of aryl methyl sites for hydroxylation is 1. The monoisotopic (exact) mass is 295 g/mol. The van der Waals surface area contributed by atoms with E-state index in [-0.39, 0.29) is 5.91 Å². The number of hydrogen-bond acceptors (Lipinski definition) is 2. The number of nitrogens with zero attached hydrogens (tertiary/aromatic N) is 1. The minimum atomic E-state index is 0.0447. The highest BCUT2D eigenvalue weighted by molar-refractivity contribution is 5.96. The van der Waals surface area contributed by atoms with Gasteiger partial charge >= 0.3 is 0 Å². The first-order valence-electron chi connectivity index (χ1n) is 7.56. The van der Waals surface area contributed by atoms with E-state index in [0.717, 1.165) is 23.0 Å². The van der Waals surface area contributed by atoms with Crippen LogP contribution in [0.2, 0.25) is 0 Å². The van der Waals surface area contributed by atoms with Crippen LogP contribution in [0.1, 0.15) is 40.1 Å². The van der Waals surface area contributed by atoms with Crippen molar-refractivity contribution in [2.24, 2.45) is 0 Å². The van der Waals surface area contributed by atoms with Crippen LogP contribution >= 0.6 is 0 Å². The summed E-state index contributed by atoms with van der Waals surface area (Å²) in [6.45, 7) is 7.32. The van der Waals surface area contributed by atoms with Crippen molar-refractivity contribution in [3.8, 4) is 11.1 Å². The topological polar surface area (TPSA) is 37.4 Å². The molecule has 22 heavy (non-hydrogen) atoms. The fraction of sp³-hybridized carbons (Fsp3) is 0.263. The molecule has 2 aromatic carbocycles. The number of hydrogen-bond donors (Lipinski definition) is 0. The molecule has 0 aromatic heterocycles. The fourth-order valence-electron chi connectivity index (χ4n) is 2.64. The van der Waals surface area contributed by atoms with E-state index < -0.39 is 0 Å². The molecule has 0 aliphatic heterocycles. The molecule has 0 saturated heterocycles. The van der Waals surface area contributed by atoms with E-state index in [4.69, 9.17) is 0 Å². The number of carbonyl (C=O) groups excluding carboxylic acids is 2. The second-order valence-corrected chi connectivity index (χ2v) is 5.21. The number of carbonyl (C=O) groups is 2. The molecule has 0 unspecified atom stereocenters. The summed E-state index contributed by atoms with van der Waals surface area (Å²) in [6.07, 6.45) is 0.865. The van der Waals surface area contributed by atoms with Gasteiger partial charge in [0.25, 0.3) is 5.91 Å². The van der Waals surface area contributed by atoms with E-state index in [1.165, 1.54) is 0 Å². The van der Waals surface area contributed by atoms with Crippen LogP contribution in [0, 0.1) is 6.92 Å². The zero-order chi connectivity index (χ0) is 16.1. The van der Waals surface area contributed by atoms with Crippen LogP contribution in [0.3, 0.4) is 0 Å².